The summed E-state index contributed by atoms with van der Waals surface area (Å²) >= 11 is 1.32. The fraction of sp³-hybridized carbons (Fsp3) is 0. The van der Waals surface area contributed by atoms with Crippen molar-refractivity contribution in [2.75, 3.05) is 0 Å². The minimum Gasteiger partial charge on any atom is -0.508 e. The first-order chi connectivity index (χ1) is 7.25. The molecule has 1 N–H and O–H groups in total. The number of phenols is 1. The zero-order valence-electron chi connectivity index (χ0n) is 7.71. The predicted octanol–water partition coefficient (Wildman–Crippen LogP) is 2.67. The largest absolute Gasteiger partial charge is 0.508 e. The summed E-state index contributed by atoms with van der Waals surface area (Å²) in [6.07, 6.45) is 0. The van der Waals surface area contributed by atoms with Crippen LogP contribution in [0.2, 0.25) is 0 Å². The lowest BCUT2D eigenvalue weighted by Crippen LogP contribution is -2.05. The molecule has 0 spiro atoms. The monoisotopic (exact) mass is 220 g/mol. The van der Waals surface area contributed by atoms with E-state index in [0.717, 1.165) is 0 Å². The summed E-state index contributed by atoms with van der Waals surface area (Å²) in [4.78, 5) is 12.0. The van der Waals surface area contributed by atoms with Gasteiger partial charge in [-0.1, -0.05) is 12.1 Å². The first-order valence-electron chi connectivity index (χ1n) is 4.30. The van der Waals surface area contributed by atoms with Crippen molar-refractivity contribution in [1.82, 2.24) is 0 Å². The van der Waals surface area contributed by atoms with Gasteiger partial charge in [0, 0.05) is 6.07 Å². The van der Waals surface area contributed by atoms with Crippen molar-refractivity contribution in [3.05, 3.63) is 46.7 Å². The van der Waals surface area contributed by atoms with Gasteiger partial charge in [-0.2, -0.15) is 0 Å². The molecule has 76 valence electrons. The third kappa shape index (κ3) is 2.35. The van der Waals surface area contributed by atoms with Crippen molar-refractivity contribution in [2.24, 2.45) is 0 Å². The molecule has 2 rings (SSSR count). The predicted molar refractivity (Wildman–Crippen MR) is 57.4 cm³/mol. The number of esters is 1. The molecular formula is C11H8O3S. The van der Waals surface area contributed by atoms with E-state index < -0.39 is 5.97 Å². The average molecular weight is 220 g/mol. The Morgan fingerprint density at radius 2 is 2.13 bits per heavy atom. The molecule has 1 heterocycles. The van der Waals surface area contributed by atoms with Gasteiger partial charge in [-0.3, -0.25) is 0 Å². The van der Waals surface area contributed by atoms with Crippen LogP contribution >= 0.6 is 11.3 Å². The molecule has 1 aromatic carbocycles. The second kappa shape index (κ2) is 4.14. The number of hydrogen-bond donors (Lipinski definition) is 1. The molecule has 0 aliphatic carbocycles. The van der Waals surface area contributed by atoms with Crippen molar-refractivity contribution >= 4 is 17.3 Å². The Hall–Kier alpha value is -1.81. The normalized spacial score (nSPS) is 9.87. The minimum atomic E-state index is -0.407. The fourth-order valence-electron chi connectivity index (χ4n) is 1.10. The average Bonchev–Trinajstić information content (AvgIpc) is 2.70. The molecule has 2 aromatic rings. The molecule has 0 amide bonds. The number of ether oxygens (including phenoxy) is 1. The highest BCUT2D eigenvalue weighted by Crippen LogP contribution is 2.19. The summed E-state index contributed by atoms with van der Waals surface area (Å²) in [5, 5.41) is 11.0. The summed E-state index contributed by atoms with van der Waals surface area (Å²) in [6.45, 7) is 0. The maximum atomic E-state index is 11.5. The van der Waals surface area contributed by atoms with E-state index >= 15 is 0 Å². The Morgan fingerprint density at radius 1 is 1.27 bits per heavy atom. The fourth-order valence-corrected chi connectivity index (χ4v) is 1.70. The van der Waals surface area contributed by atoms with Crippen LogP contribution in [0.1, 0.15) is 9.67 Å². The van der Waals surface area contributed by atoms with Crippen LogP contribution in [0.4, 0.5) is 0 Å². The molecular weight excluding hydrogens is 212 g/mol. The zero-order chi connectivity index (χ0) is 10.7. The van der Waals surface area contributed by atoms with E-state index in [0.29, 0.717) is 10.6 Å². The first kappa shape index (κ1) is 9.73. The molecule has 15 heavy (non-hydrogen) atoms. The molecule has 0 bridgehead atoms. The highest BCUT2D eigenvalue weighted by atomic mass is 32.1. The number of phenolic OH excluding ortho intramolecular Hbond substituents is 1. The number of aromatic hydroxyl groups is 1. The first-order valence-corrected chi connectivity index (χ1v) is 5.18. The lowest BCUT2D eigenvalue weighted by Gasteiger charge is -2.02. The van der Waals surface area contributed by atoms with Crippen LogP contribution in [0.5, 0.6) is 11.5 Å². The quantitative estimate of drug-likeness (QED) is 0.625. The van der Waals surface area contributed by atoms with E-state index in [2.05, 4.69) is 0 Å². The van der Waals surface area contributed by atoms with Crippen molar-refractivity contribution < 1.29 is 14.6 Å². The summed E-state index contributed by atoms with van der Waals surface area (Å²) in [6, 6.07) is 9.62. The van der Waals surface area contributed by atoms with Gasteiger partial charge in [-0.25, -0.2) is 4.79 Å². The third-order valence-corrected chi connectivity index (χ3v) is 2.60. The Bertz CT molecular complexity index is 462. The van der Waals surface area contributed by atoms with Gasteiger partial charge < -0.3 is 9.84 Å². The van der Waals surface area contributed by atoms with Gasteiger partial charge in [-0.15, -0.1) is 11.3 Å². The molecule has 0 saturated heterocycles. The van der Waals surface area contributed by atoms with Crippen LogP contribution in [-0.2, 0) is 0 Å². The second-order valence-electron chi connectivity index (χ2n) is 2.86. The van der Waals surface area contributed by atoms with Gasteiger partial charge >= 0.3 is 5.97 Å². The number of carbonyl (C=O) groups is 1. The topological polar surface area (TPSA) is 46.5 Å². The van der Waals surface area contributed by atoms with Crippen LogP contribution in [0.3, 0.4) is 0 Å². The smallest absolute Gasteiger partial charge is 0.353 e. The SMILES string of the molecule is O=C(Oc1cccc(O)c1)c1cccs1. The van der Waals surface area contributed by atoms with E-state index in [1.807, 2.05) is 0 Å². The van der Waals surface area contributed by atoms with Crippen molar-refractivity contribution in [2.45, 2.75) is 0 Å². The Balaban J connectivity index is 2.13. The van der Waals surface area contributed by atoms with Crippen LogP contribution in [-0.4, -0.2) is 11.1 Å². The molecule has 0 unspecified atom stereocenters. The van der Waals surface area contributed by atoms with E-state index in [1.165, 1.54) is 23.5 Å². The molecule has 0 aliphatic heterocycles. The molecule has 0 saturated carbocycles. The van der Waals surface area contributed by atoms with Crippen molar-refractivity contribution in [1.29, 1.82) is 0 Å². The summed E-state index contributed by atoms with van der Waals surface area (Å²) in [7, 11) is 0. The standard InChI is InChI=1S/C11H8O3S/c12-8-3-1-4-9(7-8)14-11(13)10-5-2-6-15-10/h1-7,12H. The third-order valence-electron chi connectivity index (χ3n) is 1.75. The van der Waals surface area contributed by atoms with Gasteiger partial charge in [0.05, 0.1) is 0 Å². The van der Waals surface area contributed by atoms with Crippen LogP contribution in [0.15, 0.2) is 41.8 Å². The summed E-state index contributed by atoms with van der Waals surface area (Å²) in [5.41, 5.74) is 0. The lowest BCUT2D eigenvalue weighted by molar-refractivity contribution is 0.0739. The number of carbonyl (C=O) groups excluding carboxylic acids is 1. The van der Waals surface area contributed by atoms with Gasteiger partial charge in [0.2, 0.25) is 0 Å². The molecule has 0 aliphatic rings. The molecule has 3 nitrogen and oxygen atoms in total. The van der Waals surface area contributed by atoms with E-state index in [9.17, 15) is 4.79 Å². The summed E-state index contributed by atoms with van der Waals surface area (Å²) < 4.78 is 5.05. The highest BCUT2D eigenvalue weighted by Gasteiger charge is 2.09. The van der Waals surface area contributed by atoms with Crippen molar-refractivity contribution in [3.8, 4) is 11.5 Å². The molecule has 0 radical (unpaired) electrons. The summed E-state index contributed by atoms with van der Waals surface area (Å²) in [5.74, 6) is 0.00970. The van der Waals surface area contributed by atoms with Crippen molar-refractivity contribution in [3.63, 3.8) is 0 Å². The molecule has 4 heteroatoms. The van der Waals surface area contributed by atoms with Gasteiger partial charge in [0.25, 0.3) is 0 Å². The van der Waals surface area contributed by atoms with Crippen LogP contribution in [0.25, 0.3) is 0 Å². The maximum absolute atomic E-state index is 11.5. The molecule has 0 fully saturated rings. The van der Waals surface area contributed by atoms with Gasteiger partial charge in [-0.05, 0) is 23.6 Å². The zero-order valence-corrected chi connectivity index (χ0v) is 8.53. The van der Waals surface area contributed by atoms with E-state index in [4.69, 9.17) is 9.84 Å². The van der Waals surface area contributed by atoms with E-state index in [1.54, 1.807) is 29.6 Å². The van der Waals surface area contributed by atoms with E-state index in [-0.39, 0.29) is 5.75 Å². The van der Waals surface area contributed by atoms with Gasteiger partial charge in [0.1, 0.15) is 16.4 Å². The number of benzene rings is 1. The number of thiophene rings is 1. The number of hydrogen-bond acceptors (Lipinski definition) is 4. The lowest BCUT2D eigenvalue weighted by atomic mass is 10.3. The molecule has 1 aromatic heterocycles. The van der Waals surface area contributed by atoms with Crippen LogP contribution in [0, 0.1) is 0 Å². The Morgan fingerprint density at radius 3 is 2.80 bits per heavy atom. The maximum Gasteiger partial charge on any atom is 0.353 e. The second-order valence-corrected chi connectivity index (χ2v) is 3.81. The Kier molecular flexibility index (Phi) is 2.69. The number of rotatable bonds is 2. The van der Waals surface area contributed by atoms with Crippen LogP contribution < -0.4 is 4.74 Å². The Labute approximate surface area is 90.6 Å². The minimum absolute atomic E-state index is 0.0754. The molecule has 0 atom stereocenters. The van der Waals surface area contributed by atoms with Gasteiger partial charge in [0.15, 0.2) is 0 Å². The highest BCUT2D eigenvalue weighted by molar-refractivity contribution is 7.12.